The topological polar surface area (TPSA) is 49.8 Å². The van der Waals surface area contributed by atoms with Gasteiger partial charge in [0.15, 0.2) is 0 Å². The van der Waals surface area contributed by atoms with Crippen molar-refractivity contribution < 1.29 is 14.6 Å². The van der Waals surface area contributed by atoms with E-state index in [1.165, 1.54) is 0 Å². The van der Waals surface area contributed by atoms with Crippen LogP contribution in [0.1, 0.15) is 59.8 Å². The normalized spacial score (nSPS) is 24.4. The number of carbonyl (C=O) groups is 1. The van der Waals surface area contributed by atoms with Crippen LogP contribution in [0.25, 0.3) is 0 Å². The van der Waals surface area contributed by atoms with Gasteiger partial charge in [-0.25, -0.2) is 4.79 Å². The molecule has 0 bridgehead atoms. The zero-order chi connectivity index (χ0) is 13.8. The number of ether oxygens (including phenoxy) is 1. The molecule has 0 radical (unpaired) electrons. The van der Waals surface area contributed by atoms with Crippen LogP contribution in [-0.2, 0) is 4.74 Å². The minimum absolute atomic E-state index is 0.311. The lowest BCUT2D eigenvalue weighted by Gasteiger charge is -2.26. The standard InChI is InChI=1S/C14H27NO3/c1-5-6-7-8-14(17)9-10-15(11-14)12(16)18-13(2,3)4/h17H,5-11H2,1-4H3. The molecular formula is C14H27NO3. The second kappa shape index (κ2) is 5.91. The third-order valence-corrected chi connectivity index (χ3v) is 3.23. The van der Waals surface area contributed by atoms with Crippen molar-refractivity contribution in [3.8, 4) is 0 Å². The number of β-amino-alcohol motifs (C(OH)–C–C–N with tert-alkyl or cyclic N) is 1. The van der Waals surface area contributed by atoms with Gasteiger partial charge in [-0.3, -0.25) is 0 Å². The minimum atomic E-state index is -0.702. The highest BCUT2D eigenvalue weighted by molar-refractivity contribution is 5.68. The molecule has 4 nitrogen and oxygen atoms in total. The molecule has 0 aromatic rings. The van der Waals surface area contributed by atoms with E-state index in [0.717, 1.165) is 25.7 Å². The summed E-state index contributed by atoms with van der Waals surface area (Å²) in [5.41, 5.74) is -1.17. The van der Waals surface area contributed by atoms with Crippen LogP contribution < -0.4 is 0 Å². The molecule has 0 aliphatic carbocycles. The monoisotopic (exact) mass is 257 g/mol. The molecule has 1 heterocycles. The van der Waals surface area contributed by atoms with Gasteiger partial charge in [0.05, 0.1) is 12.1 Å². The number of likely N-dealkylation sites (tertiary alicyclic amines) is 1. The largest absolute Gasteiger partial charge is 0.444 e. The predicted molar refractivity (Wildman–Crippen MR) is 71.5 cm³/mol. The molecule has 0 aromatic carbocycles. The van der Waals surface area contributed by atoms with Crippen LogP contribution in [0, 0.1) is 0 Å². The molecular weight excluding hydrogens is 230 g/mol. The van der Waals surface area contributed by atoms with Crippen LogP contribution in [0.4, 0.5) is 4.79 Å². The third-order valence-electron chi connectivity index (χ3n) is 3.23. The Labute approximate surface area is 110 Å². The van der Waals surface area contributed by atoms with Crippen molar-refractivity contribution in [1.29, 1.82) is 0 Å². The molecule has 0 saturated carbocycles. The Morgan fingerprint density at radius 3 is 2.61 bits per heavy atom. The number of aliphatic hydroxyl groups is 1. The van der Waals surface area contributed by atoms with Crippen LogP contribution >= 0.6 is 0 Å². The van der Waals surface area contributed by atoms with Gasteiger partial charge in [-0.1, -0.05) is 26.2 Å². The van der Waals surface area contributed by atoms with Crippen molar-refractivity contribution >= 4 is 6.09 Å². The van der Waals surface area contributed by atoms with E-state index in [0.29, 0.717) is 19.5 Å². The number of amides is 1. The van der Waals surface area contributed by atoms with Crippen molar-refractivity contribution in [2.24, 2.45) is 0 Å². The Bertz CT molecular complexity index is 285. The Morgan fingerprint density at radius 2 is 2.06 bits per heavy atom. The first-order chi connectivity index (χ1) is 8.26. The third kappa shape index (κ3) is 4.84. The van der Waals surface area contributed by atoms with Crippen molar-refractivity contribution in [3.05, 3.63) is 0 Å². The Hall–Kier alpha value is -0.770. The summed E-state index contributed by atoms with van der Waals surface area (Å²) in [5, 5.41) is 10.4. The molecule has 1 rings (SSSR count). The van der Waals surface area contributed by atoms with Crippen molar-refractivity contribution in [2.75, 3.05) is 13.1 Å². The summed E-state index contributed by atoms with van der Waals surface area (Å²) in [6.45, 7) is 8.71. The van der Waals surface area contributed by atoms with E-state index in [2.05, 4.69) is 6.92 Å². The molecule has 1 saturated heterocycles. The average Bonchev–Trinajstić information content (AvgIpc) is 2.59. The molecule has 1 fully saturated rings. The first kappa shape index (κ1) is 15.3. The lowest BCUT2D eigenvalue weighted by molar-refractivity contribution is 0.0118. The molecule has 0 aromatic heterocycles. The van der Waals surface area contributed by atoms with Gasteiger partial charge < -0.3 is 14.7 Å². The zero-order valence-corrected chi connectivity index (χ0v) is 12.2. The summed E-state index contributed by atoms with van der Waals surface area (Å²) in [6.07, 6.45) is 4.43. The fourth-order valence-electron chi connectivity index (χ4n) is 2.25. The van der Waals surface area contributed by atoms with Gasteiger partial charge in [0.1, 0.15) is 5.60 Å². The van der Waals surface area contributed by atoms with E-state index >= 15 is 0 Å². The van der Waals surface area contributed by atoms with E-state index in [9.17, 15) is 9.90 Å². The lowest BCUT2D eigenvalue weighted by atomic mass is 9.95. The smallest absolute Gasteiger partial charge is 0.410 e. The lowest BCUT2D eigenvalue weighted by Crippen LogP contribution is -2.39. The van der Waals surface area contributed by atoms with E-state index in [1.807, 2.05) is 20.8 Å². The van der Waals surface area contributed by atoms with Crippen LogP contribution in [-0.4, -0.2) is 40.4 Å². The van der Waals surface area contributed by atoms with Crippen LogP contribution in [0.15, 0.2) is 0 Å². The van der Waals surface area contributed by atoms with Crippen molar-refractivity contribution in [3.63, 3.8) is 0 Å². The fourth-order valence-corrected chi connectivity index (χ4v) is 2.25. The quantitative estimate of drug-likeness (QED) is 0.788. The maximum atomic E-state index is 11.9. The summed E-state index contributed by atoms with van der Waals surface area (Å²) >= 11 is 0. The number of hydrogen-bond acceptors (Lipinski definition) is 3. The first-order valence-corrected chi connectivity index (χ1v) is 6.96. The predicted octanol–water partition coefficient (Wildman–Crippen LogP) is 2.94. The van der Waals surface area contributed by atoms with Gasteiger partial charge in [-0.2, -0.15) is 0 Å². The molecule has 0 spiro atoms. The molecule has 4 heteroatoms. The van der Waals surface area contributed by atoms with Crippen molar-refractivity contribution in [2.45, 2.75) is 71.0 Å². The van der Waals surface area contributed by atoms with Crippen LogP contribution in [0.3, 0.4) is 0 Å². The Morgan fingerprint density at radius 1 is 1.39 bits per heavy atom. The van der Waals surface area contributed by atoms with Gasteiger partial charge in [0, 0.05) is 6.54 Å². The van der Waals surface area contributed by atoms with E-state index in [-0.39, 0.29) is 6.09 Å². The van der Waals surface area contributed by atoms with E-state index < -0.39 is 11.2 Å². The summed E-state index contributed by atoms with van der Waals surface area (Å²) in [4.78, 5) is 13.5. The summed E-state index contributed by atoms with van der Waals surface area (Å²) < 4.78 is 5.32. The maximum Gasteiger partial charge on any atom is 0.410 e. The molecule has 1 aliphatic rings. The SMILES string of the molecule is CCCCCC1(O)CCN(C(=O)OC(C)(C)C)C1. The average molecular weight is 257 g/mol. The highest BCUT2D eigenvalue weighted by Gasteiger charge is 2.39. The zero-order valence-electron chi connectivity index (χ0n) is 12.2. The second-order valence-corrected chi connectivity index (χ2v) is 6.33. The van der Waals surface area contributed by atoms with Crippen LogP contribution in [0.5, 0.6) is 0 Å². The molecule has 1 unspecified atom stereocenters. The summed E-state index contributed by atoms with van der Waals surface area (Å²) in [5.74, 6) is 0. The molecule has 18 heavy (non-hydrogen) atoms. The Kier molecular flexibility index (Phi) is 5.02. The first-order valence-electron chi connectivity index (χ1n) is 6.96. The highest BCUT2D eigenvalue weighted by Crippen LogP contribution is 2.28. The highest BCUT2D eigenvalue weighted by atomic mass is 16.6. The number of unbranched alkanes of at least 4 members (excludes halogenated alkanes) is 2. The summed E-state index contributed by atoms with van der Waals surface area (Å²) in [6, 6.07) is 0. The van der Waals surface area contributed by atoms with Gasteiger partial charge in [-0.15, -0.1) is 0 Å². The molecule has 1 amide bonds. The Balaban J connectivity index is 2.42. The molecule has 1 aliphatic heterocycles. The molecule has 1 N–H and O–H groups in total. The van der Waals surface area contributed by atoms with E-state index in [4.69, 9.17) is 4.74 Å². The van der Waals surface area contributed by atoms with E-state index in [1.54, 1.807) is 4.90 Å². The van der Waals surface area contributed by atoms with Gasteiger partial charge in [-0.05, 0) is 33.6 Å². The minimum Gasteiger partial charge on any atom is -0.444 e. The van der Waals surface area contributed by atoms with Crippen molar-refractivity contribution in [1.82, 2.24) is 4.90 Å². The maximum absolute atomic E-state index is 11.9. The molecule has 1 atom stereocenters. The number of nitrogens with zero attached hydrogens (tertiary/aromatic N) is 1. The van der Waals surface area contributed by atoms with Crippen LogP contribution in [0.2, 0.25) is 0 Å². The second-order valence-electron chi connectivity index (χ2n) is 6.33. The number of carbonyl (C=O) groups excluding carboxylic acids is 1. The number of hydrogen-bond donors (Lipinski definition) is 1. The number of rotatable bonds is 4. The van der Waals surface area contributed by atoms with Gasteiger partial charge >= 0.3 is 6.09 Å². The molecule has 106 valence electrons. The fraction of sp³-hybridized carbons (Fsp3) is 0.929. The van der Waals surface area contributed by atoms with Gasteiger partial charge in [0.2, 0.25) is 0 Å². The summed E-state index contributed by atoms with van der Waals surface area (Å²) in [7, 11) is 0. The van der Waals surface area contributed by atoms with Gasteiger partial charge in [0.25, 0.3) is 0 Å².